The summed E-state index contributed by atoms with van der Waals surface area (Å²) in [6.07, 6.45) is 7.58. The van der Waals surface area contributed by atoms with E-state index in [2.05, 4.69) is 50.9 Å². The highest BCUT2D eigenvalue weighted by atomic mass is 32.1. The van der Waals surface area contributed by atoms with Crippen molar-refractivity contribution in [2.75, 3.05) is 26.7 Å². The van der Waals surface area contributed by atoms with Crippen LogP contribution in [0.1, 0.15) is 23.8 Å². The normalized spacial score (nSPS) is 19.4. The van der Waals surface area contributed by atoms with E-state index >= 15 is 0 Å². The van der Waals surface area contributed by atoms with E-state index in [1.54, 1.807) is 0 Å². The van der Waals surface area contributed by atoms with Crippen LogP contribution in [-0.4, -0.2) is 47.3 Å². The molecule has 3 rings (SSSR count). The quantitative estimate of drug-likeness (QED) is 0.637. The molecule has 2 unspecified atom stereocenters. The van der Waals surface area contributed by atoms with Crippen molar-refractivity contribution in [2.24, 2.45) is 23.9 Å². The number of aryl methyl sites for hydroxylation is 1. The van der Waals surface area contributed by atoms with Gasteiger partial charge in [0.05, 0.1) is 6.20 Å². The monoisotopic (exact) mass is 359 g/mol. The fourth-order valence-corrected chi connectivity index (χ4v) is 4.41. The van der Waals surface area contributed by atoms with E-state index in [0.29, 0.717) is 11.8 Å². The smallest absolute Gasteiger partial charge is 0.193 e. The summed E-state index contributed by atoms with van der Waals surface area (Å²) in [5.74, 6) is 2.34. The van der Waals surface area contributed by atoms with Gasteiger partial charge in [-0.3, -0.25) is 9.67 Å². The standard InChI is InChI=1S/C19H29N5S/c1-15(9-18-5-4-8-25-18)11-21-19(20-2)24-7-6-16(14-24)10-17-12-22-23(3)13-17/h4-5,8,12-13,15-16H,6-7,9-11,14H2,1-3H3,(H,20,21). The van der Waals surface area contributed by atoms with E-state index in [1.165, 1.54) is 16.9 Å². The Morgan fingerprint density at radius 3 is 3.08 bits per heavy atom. The molecule has 1 N–H and O–H groups in total. The number of aliphatic imine (C=N–C) groups is 1. The molecule has 1 saturated heterocycles. The van der Waals surface area contributed by atoms with Gasteiger partial charge in [-0.05, 0) is 48.1 Å². The maximum Gasteiger partial charge on any atom is 0.193 e. The second-order valence-corrected chi connectivity index (χ2v) is 8.18. The van der Waals surface area contributed by atoms with Crippen molar-refractivity contribution in [1.82, 2.24) is 20.0 Å². The summed E-state index contributed by atoms with van der Waals surface area (Å²) in [5.41, 5.74) is 1.34. The van der Waals surface area contributed by atoms with Gasteiger partial charge in [0.25, 0.3) is 0 Å². The van der Waals surface area contributed by atoms with Crippen molar-refractivity contribution in [1.29, 1.82) is 0 Å². The fourth-order valence-electron chi connectivity index (χ4n) is 3.54. The summed E-state index contributed by atoms with van der Waals surface area (Å²) in [4.78, 5) is 8.36. The van der Waals surface area contributed by atoms with Crippen LogP contribution in [0.15, 0.2) is 34.9 Å². The Labute approximate surface area is 154 Å². The molecule has 0 bridgehead atoms. The summed E-state index contributed by atoms with van der Waals surface area (Å²) in [6, 6.07) is 4.35. The van der Waals surface area contributed by atoms with Crippen LogP contribution in [0, 0.1) is 11.8 Å². The van der Waals surface area contributed by atoms with E-state index in [9.17, 15) is 0 Å². The third kappa shape index (κ3) is 5.08. The molecule has 5 nitrogen and oxygen atoms in total. The summed E-state index contributed by atoms with van der Waals surface area (Å²) in [5, 5.41) is 10.0. The van der Waals surface area contributed by atoms with Gasteiger partial charge in [0.2, 0.25) is 0 Å². The largest absolute Gasteiger partial charge is 0.356 e. The molecule has 0 spiro atoms. The second-order valence-electron chi connectivity index (χ2n) is 7.14. The highest BCUT2D eigenvalue weighted by Crippen LogP contribution is 2.21. The van der Waals surface area contributed by atoms with Crippen molar-refractivity contribution in [3.8, 4) is 0 Å². The Morgan fingerprint density at radius 1 is 1.52 bits per heavy atom. The number of rotatable bonds is 6. The van der Waals surface area contributed by atoms with Crippen molar-refractivity contribution in [2.45, 2.75) is 26.2 Å². The number of nitrogens with zero attached hydrogens (tertiary/aromatic N) is 4. The molecule has 0 aliphatic carbocycles. The predicted molar refractivity (Wildman–Crippen MR) is 105 cm³/mol. The lowest BCUT2D eigenvalue weighted by molar-refractivity contribution is 0.449. The van der Waals surface area contributed by atoms with Crippen LogP contribution in [-0.2, 0) is 19.9 Å². The molecule has 136 valence electrons. The van der Waals surface area contributed by atoms with E-state index < -0.39 is 0 Å². The lowest BCUT2D eigenvalue weighted by Gasteiger charge is -2.23. The summed E-state index contributed by atoms with van der Waals surface area (Å²) < 4.78 is 1.89. The summed E-state index contributed by atoms with van der Waals surface area (Å²) >= 11 is 1.84. The first kappa shape index (κ1) is 18.0. The maximum atomic E-state index is 4.50. The molecule has 2 atom stereocenters. The van der Waals surface area contributed by atoms with Crippen LogP contribution in [0.25, 0.3) is 0 Å². The van der Waals surface area contributed by atoms with E-state index in [0.717, 1.165) is 38.4 Å². The number of aromatic nitrogens is 2. The molecule has 1 aliphatic heterocycles. The van der Waals surface area contributed by atoms with Crippen LogP contribution < -0.4 is 5.32 Å². The molecule has 0 radical (unpaired) electrons. The first-order chi connectivity index (χ1) is 12.1. The zero-order valence-corrected chi connectivity index (χ0v) is 16.3. The Kier molecular flexibility index (Phi) is 6.13. The first-order valence-electron chi connectivity index (χ1n) is 9.09. The van der Waals surface area contributed by atoms with Gasteiger partial charge in [-0.1, -0.05) is 13.0 Å². The Bertz CT molecular complexity index is 676. The molecule has 0 saturated carbocycles. The van der Waals surface area contributed by atoms with Gasteiger partial charge < -0.3 is 10.2 Å². The van der Waals surface area contributed by atoms with Gasteiger partial charge >= 0.3 is 0 Å². The number of nitrogens with one attached hydrogen (secondary N) is 1. The van der Waals surface area contributed by atoms with E-state index in [1.807, 2.05) is 36.3 Å². The molecule has 2 aromatic rings. The van der Waals surface area contributed by atoms with Gasteiger partial charge in [0.15, 0.2) is 5.96 Å². The zero-order chi connectivity index (χ0) is 17.6. The Morgan fingerprint density at radius 2 is 2.40 bits per heavy atom. The molecule has 25 heavy (non-hydrogen) atoms. The van der Waals surface area contributed by atoms with Gasteiger partial charge in [-0.2, -0.15) is 5.10 Å². The highest BCUT2D eigenvalue weighted by Gasteiger charge is 2.25. The maximum absolute atomic E-state index is 4.50. The van der Waals surface area contributed by atoms with Crippen molar-refractivity contribution in [3.63, 3.8) is 0 Å². The fraction of sp³-hybridized carbons (Fsp3) is 0.579. The number of hydrogen-bond donors (Lipinski definition) is 1. The molecule has 3 heterocycles. The van der Waals surface area contributed by atoms with Crippen molar-refractivity contribution >= 4 is 17.3 Å². The van der Waals surface area contributed by atoms with Crippen LogP contribution in [0.3, 0.4) is 0 Å². The highest BCUT2D eigenvalue weighted by molar-refractivity contribution is 7.09. The third-order valence-electron chi connectivity index (χ3n) is 4.82. The number of hydrogen-bond acceptors (Lipinski definition) is 3. The van der Waals surface area contributed by atoms with Gasteiger partial charge in [-0.15, -0.1) is 11.3 Å². The van der Waals surface area contributed by atoms with Gasteiger partial charge in [0.1, 0.15) is 0 Å². The van der Waals surface area contributed by atoms with Crippen LogP contribution >= 0.6 is 11.3 Å². The van der Waals surface area contributed by atoms with E-state index in [4.69, 9.17) is 0 Å². The predicted octanol–water partition coefficient (Wildman–Crippen LogP) is 2.80. The third-order valence-corrected chi connectivity index (χ3v) is 5.72. The number of guanidine groups is 1. The molecule has 0 aromatic carbocycles. The average molecular weight is 360 g/mol. The molecule has 1 aliphatic rings. The second kappa shape index (κ2) is 8.52. The molecule has 2 aromatic heterocycles. The lowest BCUT2D eigenvalue weighted by atomic mass is 10.0. The first-order valence-corrected chi connectivity index (χ1v) is 9.97. The number of thiophene rings is 1. The Hall–Kier alpha value is -1.82. The van der Waals surface area contributed by atoms with Gasteiger partial charge in [0, 0.05) is 44.8 Å². The molecule has 6 heteroatoms. The topological polar surface area (TPSA) is 45.5 Å². The minimum absolute atomic E-state index is 0.601. The lowest BCUT2D eigenvalue weighted by Crippen LogP contribution is -2.42. The molecule has 0 amide bonds. The van der Waals surface area contributed by atoms with Crippen molar-refractivity contribution < 1.29 is 0 Å². The average Bonchev–Trinajstić information content (AvgIpc) is 3.32. The summed E-state index contributed by atoms with van der Waals surface area (Å²) in [6.45, 7) is 5.43. The zero-order valence-electron chi connectivity index (χ0n) is 15.5. The minimum Gasteiger partial charge on any atom is -0.356 e. The molecular weight excluding hydrogens is 330 g/mol. The molecule has 1 fully saturated rings. The molecular formula is C19H29N5S. The minimum atomic E-state index is 0.601. The van der Waals surface area contributed by atoms with Crippen LogP contribution in [0.2, 0.25) is 0 Å². The van der Waals surface area contributed by atoms with Crippen LogP contribution in [0.5, 0.6) is 0 Å². The number of likely N-dealkylation sites (tertiary alicyclic amines) is 1. The van der Waals surface area contributed by atoms with Gasteiger partial charge in [-0.25, -0.2) is 0 Å². The van der Waals surface area contributed by atoms with Crippen molar-refractivity contribution in [3.05, 3.63) is 40.3 Å². The van der Waals surface area contributed by atoms with E-state index in [-0.39, 0.29) is 0 Å². The SMILES string of the molecule is CN=C(NCC(C)Cc1cccs1)N1CCC(Cc2cnn(C)c2)C1. The Balaban J connectivity index is 1.45. The summed E-state index contributed by atoms with van der Waals surface area (Å²) in [7, 11) is 3.87. The van der Waals surface area contributed by atoms with Crippen LogP contribution in [0.4, 0.5) is 0 Å².